The van der Waals surface area contributed by atoms with Crippen molar-refractivity contribution < 1.29 is 4.74 Å². The maximum absolute atomic E-state index is 5.61. The van der Waals surface area contributed by atoms with Gasteiger partial charge in [-0.1, -0.05) is 32.9 Å². The summed E-state index contributed by atoms with van der Waals surface area (Å²) in [5.74, 6) is 2.09. The lowest BCUT2D eigenvalue weighted by Crippen LogP contribution is -2.24. The molecular weight excluding hydrogens is 266 g/mol. The predicted octanol–water partition coefficient (Wildman–Crippen LogP) is 4.66. The summed E-state index contributed by atoms with van der Waals surface area (Å²) in [6, 6.07) is 8.91. The Morgan fingerprint density at radius 1 is 1.25 bits per heavy atom. The smallest absolute Gasteiger partial charge is 0.119 e. The Balaban J connectivity index is 2.72. The zero-order valence-corrected chi connectivity index (χ0v) is 14.1. The fraction of sp³-hybridized carbons (Fsp3) is 0.647. The van der Waals surface area contributed by atoms with Crippen LogP contribution in [-0.2, 0) is 0 Å². The van der Waals surface area contributed by atoms with Crippen molar-refractivity contribution in [2.45, 2.75) is 51.8 Å². The SMILES string of the molecule is CCCNC(CSC(C)CC)c1cccc(OCC)c1. The number of hydrogen-bond acceptors (Lipinski definition) is 3. The van der Waals surface area contributed by atoms with Crippen LogP contribution in [0.3, 0.4) is 0 Å². The third kappa shape index (κ3) is 6.19. The van der Waals surface area contributed by atoms with Crippen LogP contribution in [0.25, 0.3) is 0 Å². The second-order valence-electron chi connectivity index (χ2n) is 5.06. The summed E-state index contributed by atoms with van der Waals surface area (Å²) >= 11 is 2.05. The summed E-state index contributed by atoms with van der Waals surface area (Å²) in [6.45, 7) is 10.6. The van der Waals surface area contributed by atoms with E-state index in [0.717, 1.165) is 36.3 Å². The fourth-order valence-electron chi connectivity index (χ4n) is 1.96. The number of ether oxygens (including phenoxy) is 1. The molecule has 0 spiro atoms. The van der Waals surface area contributed by atoms with Crippen LogP contribution in [0.15, 0.2) is 24.3 Å². The number of benzene rings is 1. The summed E-state index contributed by atoms with van der Waals surface area (Å²) < 4.78 is 5.61. The molecule has 0 aliphatic heterocycles. The lowest BCUT2D eigenvalue weighted by molar-refractivity contribution is 0.339. The normalized spacial score (nSPS) is 14.0. The van der Waals surface area contributed by atoms with Crippen molar-refractivity contribution in [3.63, 3.8) is 0 Å². The van der Waals surface area contributed by atoms with E-state index in [1.165, 1.54) is 12.0 Å². The molecule has 1 aromatic carbocycles. The molecule has 2 unspecified atom stereocenters. The van der Waals surface area contributed by atoms with E-state index in [2.05, 4.69) is 44.3 Å². The molecule has 0 saturated carbocycles. The van der Waals surface area contributed by atoms with Crippen molar-refractivity contribution in [3.8, 4) is 5.75 Å². The van der Waals surface area contributed by atoms with E-state index in [1.54, 1.807) is 0 Å². The second-order valence-corrected chi connectivity index (χ2v) is 6.54. The van der Waals surface area contributed by atoms with Crippen LogP contribution in [0.4, 0.5) is 0 Å². The van der Waals surface area contributed by atoms with Gasteiger partial charge in [0, 0.05) is 17.0 Å². The number of hydrogen-bond donors (Lipinski definition) is 1. The summed E-state index contributed by atoms with van der Waals surface area (Å²) in [4.78, 5) is 0. The first-order chi connectivity index (χ1) is 9.71. The van der Waals surface area contributed by atoms with Crippen molar-refractivity contribution in [3.05, 3.63) is 29.8 Å². The van der Waals surface area contributed by atoms with E-state index in [9.17, 15) is 0 Å². The summed E-state index contributed by atoms with van der Waals surface area (Å²) in [5, 5.41) is 4.38. The molecule has 0 fully saturated rings. The molecule has 1 N–H and O–H groups in total. The topological polar surface area (TPSA) is 21.3 Å². The average Bonchev–Trinajstić information content (AvgIpc) is 2.47. The zero-order chi connectivity index (χ0) is 14.8. The van der Waals surface area contributed by atoms with E-state index in [1.807, 2.05) is 24.8 Å². The van der Waals surface area contributed by atoms with E-state index < -0.39 is 0 Å². The minimum Gasteiger partial charge on any atom is -0.494 e. The fourth-order valence-corrected chi connectivity index (χ4v) is 3.02. The van der Waals surface area contributed by atoms with Crippen LogP contribution >= 0.6 is 11.8 Å². The lowest BCUT2D eigenvalue weighted by Gasteiger charge is -2.21. The molecule has 2 atom stereocenters. The van der Waals surface area contributed by atoms with Gasteiger partial charge in [0.05, 0.1) is 6.61 Å². The minimum atomic E-state index is 0.411. The van der Waals surface area contributed by atoms with E-state index in [4.69, 9.17) is 4.74 Å². The zero-order valence-electron chi connectivity index (χ0n) is 13.3. The third-order valence-corrected chi connectivity index (χ3v) is 4.76. The van der Waals surface area contributed by atoms with Crippen molar-refractivity contribution >= 4 is 11.8 Å². The molecule has 114 valence electrons. The molecule has 0 aromatic heterocycles. The van der Waals surface area contributed by atoms with E-state index in [-0.39, 0.29) is 0 Å². The monoisotopic (exact) mass is 295 g/mol. The molecule has 0 bridgehead atoms. The Morgan fingerprint density at radius 2 is 2.05 bits per heavy atom. The van der Waals surface area contributed by atoms with Gasteiger partial charge in [0.1, 0.15) is 5.75 Å². The summed E-state index contributed by atoms with van der Waals surface area (Å²) in [7, 11) is 0. The molecule has 2 nitrogen and oxygen atoms in total. The Bertz CT molecular complexity index is 370. The first kappa shape index (κ1) is 17.4. The molecule has 1 rings (SSSR count). The van der Waals surface area contributed by atoms with Gasteiger partial charge in [-0.3, -0.25) is 0 Å². The number of rotatable bonds is 10. The van der Waals surface area contributed by atoms with Crippen LogP contribution in [-0.4, -0.2) is 24.2 Å². The van der Waals surface area contributed by atoms with Crippen LogP contribution in [0.5, 0.6) is 5.75 Å². The number of nitrogens with one attached hydrogen (secondary N) is 1. The third-order valence-electron chi connectivity index (χ3n) is 3.33. The van der Waals surface area contributed by atoms with Crippen LogP contribution < -0.4 is 10.1 Å². The maximum atomic E-state index is 5.61. The predicted molar refractivity (Wildman–Crippen MR) is 90.9 cm³/mol. The van der Waals surface area contributed by atoms with Gasteiger partial charge in [0.2, 0.25) is 0 Å². The minimum absolute atomic E-state index is 0.411. The van der Waals surface area contributed by atoms with Crippen molar-refractivity contribution in [2.75, 3.05) is 18.9 Å². The molecule has 0 aliphatic carbocycles. The van der Waals surface area contributed by atoms with Crippen molar-refractivity contribution in [2.24, 2.45) is 0 Å². The van der Waals surface area contributed by atoms with Gasteiger partial charge >= 0.3 is 0 Å². The Labute approximate surface area is 128 Å². The molecule has 0 aliphatic rings. The van der Waals surface area contributed by atoms with Crippen LogP contribution in [0, 0.1) is 0 Å². The van der Waals surface area contributed by atoms with Gasteiger partial charge in [-0.25, -0.2) is 0 Å². The molecule has 0 saturated heterocycles. The van der Waals surface area contributed by atoms with Gasteiger partial charge < -0.3 is 10.1 Å². The highest BCUT2D eigenvalue weighted by atomic mass is 32.2. The summed E-state index contributed by atoms with van der Waals surface area (Å²) in [5.41, 5.74) is 1.33. The average molecular weight is 295 g/mol. The number of thioether (sulfide) groups is 1. The second kappa shape index (κ2) is 10.1. The molecule has 3 heteroatoms. The Hall–Kier alpha value is -0.670. The van der Waals surface area contributed by atoms with Crippen LogP contribution in [0.1, 0.15) is 52.1 Å². The molecule has 20 heavy (non-hydrogen) atoms. The summed E-state index contributed by atoms with van der Waals surface area (Å²) in [6.07, 6.45) is 2.39. The highest BCUT2D eigenvalue weighted by Crippen LogP contribution is 2.25. The first-order valence-electron chi connectivity index (χ1n) is 7.78. The van der Waals surface area contributed by atoms with Gasteiger partial charge in [-0.2, -0.15) is 11.8 Å². The van der Waals surface area contributed by atoms with E-state index >= 15 is 0 Å². The molecule has 1 aromatic rings. The maximum Gasteiger partial charge on any atom is 0.119 e. The highest BCUT2D eigenvalue weighted by molar-refractivity contribution is 7.99. The van der Waals surface area contributed by atoms with Gasteiger partial charge in [0.25, 0.3) is 0 Å². The molecule has 0 amide bonds. The first-order valence-corrected chi connectivity index (χ1v) is 8.83. The molecular formula is C17H29NOS. The molecule has 0 radical (unpaired) electrons. The van der Waals surface area contributed by atoms with Crippen molar-refractivity contribution in [1.29, 1.82) is 0 Å². The highest BCUT2D eigenvalue weighted by Gasteiger charge is 2.13. The quantitative estimate of drug-likeness (QED) is 0.678. The van der Waals surface area contributed by atoms with Crippen LogP contribution in [0.2, 0.25) is 0 Å². The lowest BCUT2D eigenvalue weighted by atomic mass is 10.1. The van der Waals surface area contributed by atoms with E-state index in [0.29, 0.717) is 6.04 Å². The van der Waals surface area contributed by atoms with Gasteiger partial charge in [-0.05, 0) is 44.0 Å². The standard InChI is InChI=1S/C17H29NOS/c1-5-11-18-17(13-20-14(4)6-2)15-9-8-10-16(12-15)19-7-3/h8-10,12,14,17-18H,5-7,11,13H2,1-4H3. The van der Waals surface area contributed by atoms with Crippen molar-refractivity contribution in [1.82, 2.24) is 5.32 Å². The Kier molecular flexibility index (Phi) is 8.79. The van der Waals surface area contributed by atoms with Gasteiger partial charge in [0.15, 0.2) is 0 Å². The Morgan fingerprint density at radius 3 is 2.70 bits per heavy atom. The molecule has 0 heterocycles. The largest absolute Gasteiger partial charge is 0.494 e. The van der Waals surface area contributed by atoms with Gasteiger partial charge in [-0.15, -0.1) is 0 Å².